The standard InChI is InChI=1S/C25H33NO4/c1-20(10-9-13-21-11-5-4-6-12-21)23(27)17-15-22-16-18-24(28)26(22)19-8-3-2-7-14-25(29)30/h4-6,11-12,15,17,20,22-23,27H,2-3,7-8,10,14,16,18-19H2,1H3,(H,29,30)/b17-15+/t20-,22+,23-/m1/s1. The molecule has 5 nitrogen and oxygen atoms in total. The van der Waals surface area contributed by atoms with Gasteiger partial charge in [-0.15, -0.1) is 0 Å². The quantitative estimate of drug-likeness (QED) is 0.328. The highest BCUT2D eigenvalue weighted by molar-refractivity contribution is 5.79. The number of carboxylic acids is 1. The van der Waals surface area contributed by atoms with Gasteiger partial charge in [-0.25, -0.2) is 0 Å². The van der Waals surface area contributed by atoms with Crippen LogP contribution in [0.1, 0.15) is 63.9 Å². The first-order valence-electron chi connectivity index (χ1n) is 10.9. The van der Waals surface area contributed by atoms with Crippen molar-refractivity contribution < 1.29 is 19.8 Å². The minimum Gasteiger partial charge on any atom is -0.481 e. The smallest absolute Gasteiger partial charge is 0.303 e. The zero-order valence-corrected chi connectivity index (χ0v) is 17.8. The lowest BCUT2D eigenvalue weighted by molar-refractivity contribution is -0.137. The van der Waals surface area contributed by atoms with Crippen LogP contribution in [0.2, 0.25) is 0 Å². The third-order valence-corrected chi connectivity index (χ3v) is 5.46. The molecule has 1 heterocycles. The first-order chi connectivity index (χ1) is 14.5. The molecule has 2 rings (SSSR count). The average Bonchev–Trinajstić information content (AvgIpc) is 3.08. The van der Waals surface area contributed by atoms with Crippen molar-refractivity contribution in [3.63, 3.8) is 0 Å². The van der Waals surface area contributed by atoms with Crippen LogP contribution < -0.4 is 0 Å². The van der Waals surface area contributed by atoms with E-state index in [1.807, 2.05) is 48.2 Å². The third kappa shape index (κ3) is 8.42. The summed E-state index contributed by atoms with van der Waals surface area (Å²) in [5.74, 6) is 5.66. The van der Waals surface area contributed by atoms with Crippen molar-refractivity contribution in [2.24, 2.45) is 5.92 Å². The SMILES string of the molecule is C[C@H](CC#Cc1ccccc1)[C@H](O)/C=C/[C@H]1CCC(=O)N1CCCCCCC(=O)O. The molecule has 1 aliphatic rings. The Morgan fingerprint density at radius 2 is 1.97 bits per heavy atom. The summed E-state index contributed by atoms with van der Waals surface area (Å²) in [5.41, 5.74) is 0.970. The topological polar surface area (TPSA) is 77.8 Å². The van der Waals surface area contributed by atoms with E-state index in [-0.39, 0.29) is 24.3 Å². The van der Waals surface area contributed by atoms with E-state index in [2.05, 4.69) is 11.8 Å². The number of rotatable bonds is 11. The number of hydrogen-bond acceptors (Lipinski definition) is 3. The Morgan fingerprint density at radius 3 is 2.70 bits per heavy atom. The van der Waals surface area contributed by atoms with Gasteiger partial charge in [-0.05, 0) is 37.3 Å². The number of amides is 1. The Labute approximate surface area is 179 Å². The number of carboxylic acid groups (broad SMARTS) is 1. The van der Waals surface area contributed by atoms with Crippen molar-refractivity contribution in [2.45, 2.75) is 70.4 Å². The van der Waals surface area contributed by atoms with Crippen LogP contribution in [0.15, 0.2) is 42.5 Å². The average molecular weight is 412 g/mol. The van der Waals surface area contributed by atoms with Crippen molar-refractivity contribution >= 4 is 11.9 Å². The molecule has 1 aromatic rings. The maximum Gasteiger partial charge on any atom is 0.303 e. The lowest BCUT2D eigenvalue weighted by atomic mass is 9.99. The lowest BCUT2D eigenvalue weighted by Gasteiger charge is -2.23. The van der Waals surface area contributed by atoms with Crippen LogP contribution in [0.3, 0.4) is 0 Å². The van der Waals surface area contributed by atoms with E-state index in [0.29, 0.717) is 25.8 Å². The molecule has 0 radical (unpaired) electrons. The second-order valence-corrected chi connectivity index (χ2v) is 7.98. The lowest BCUT2D eigenvalue weighted by Crippen LogP contribution is -2.33. The molecule has 0 aliphatic carbocycles. The monoisotopic (exact) mass is 411 g/mol. The number of carbonyl (C=O) groups excluding carboxylic acids is 1. The van der Waals surface area contributed by atoms with Gasteiger partial charge in [0.25, 0.3) is 0 Å². The highest BCUT2D eigenvalue weighted by Gasteiger charge is 2.28. The normalized spacial score (nSPS) is 18.3. The Balaban J connectivity index is 1.76. The Bertz CT molecular complexity index is 762. The Morgan fingerprint density at radius 1 is 1.23 bits per heavy atom. The van der Waals surface area contributed by atoms with E-state index in [9.17, 15) is 14.7 Å². The molecular formula is C25H33NO4. The van der Waals surface area contributed by atoms with Crippen molar-refractivity contribution in [3.05, 3.63) is 48.0 Å². The van der Waals surface area contributed by atoms with Gasteiger partial charge in [0.15, 0.2) is 0 Å². The molecule has 0 unspecified atom stereocenters. The summed E-state index contributed by atoms with van der Waals surface area (Å²) in [6.07, 6.45) is 8.66. The van der Waals surface area contributed by atoms with Gasteiger partial charge >= 0.3 is 5.97 Å². The van der Waals surface area contributed by atoms with Gasteiger partial charge in [-0.1, -0.05) is 62.0 Å². The fraction of sp³-hybridized carbons (Fsp3) is 0.520. The first kappa shape index (κ1) is 23.7. The number of aliphatic carboxylic acids is 1. The predicted octanol–water partition coefficient (Wildman–Crippen LogP) is 4.01. The van der Waals surface area contributed by atoms with E-state index >= 15 is 0 Å². The first-order valence-corrected chi connectivity index (χ1v) is 10.9. The number of carbonyl (C=O) groups is 2. The molecule has 1 amide bonds. The van der Waals surface area contributed by atoms with E-state index in [4.69, 9.17) is 5.11 Å². The second-order valence-electron chi connectivity index (χ2n) is 7.98. The van der Waals surface area contributed by atoms with Crippen molar-refractivity contribution in [2.75, 3.05) is 6.54 Å². The largest absolute Gasteiger partial charge is 0.481 e. The van der Waals surface area contributed by atoms with Gasteiger partial charge in [0.2, 0.25) is 5.91 Å². The molecule has 2 N–H and O–H groups in total. The van der Waals surface area contributed by atoms with Crippen molar-refractivity contribution in [1.29, 1.82) is 0 Å². The molecule has 3 atom stereocenters. The van der Waals surface area contributed by atoms with Crippen molar-refractivity contribution in [1.82, 2.24) is 4.90 Å². The molecule has 1 aliphatic heterocycles. The Hall–Kier alpha value is -2.58. The van der Waals surface area contributed by atoms with E-state index in [1.165, 1.54) is 0 Å². The number of aliphatic hydroxyl groups is 1. The molecule has 30 heavy (non-hydrogen) atoms. The zero-order chi connectivity index (χ0) is 21.8. The van der Waals surface area contributed by atoms with E-state index < -0.39 is 12.1 Å². The van der Waals surface area contributed by atoms with Gasteiger partial charge in [0, 0.05) is 31.4 Å². The van der Waals surface area contributed by atoms with Gasteiger partial charge in [-0.3, -0.25) is 9.59 Å². The van der Waals surface area contributed by atoms with Crippen molar-refractivity contribution in [3.8, 4) is 11.8 Å². The van der Waals surface area contributed by atoms with Gasteiger partial charge in [-0.2, -0.15) is 0 Å². The summed E-state index contributed by atoms with van der Waals surface area (Å²) in [6, 6.07) is 9.83. The molecule has 162 valence electrons. The summed E-state index contributed by atoms with van der Waals surface area (Å²) in [5, 5.41) is 19.1. The molecule has 1 aromatic carbocycles. The molecule has 1 fully saturated rings. The number of hydrogen-bond donors (Lipinski definition) is 2. The molecule has 0 aromatic heterocycles. The Kier molecular flexibility index (Phi) is 10.2. The molecule has 1 saturated heterocycles. The summed E-state index contributed by atoms with van der Waals surface area (Å²) in [4.78, 5) is 24.6. The third-order valence-electron chi connectivity index (χ3n) is 5.46. The highest BCUT2D eigenvalue weighted by Crippen LogP contribution is 2.22. The van der Waals surface area contributed by atoms with E-state index in [0.717, 1.165) is 31.2 Å². The van der Waals surface area contributed by atoms with Crippen LogP contribution >= 0.6 is 0 Å². The maximum atomic E-state index is 12.2. The second kappa shape index (κ2) is 12.9. The summed E-state index contributed by atoms with van der Waals surface area (Å²) >= 11 is 0. The van der Waals surface area contributed by atoms with Crippen LogP contribution in [0.5, 0.6) is 0 Å². The number of likely N-dealkylation sites (tertiary alicyclic amines) is 1. The zero-order valence-electron chi connectivity index (χ0n) is 17.8. The molecular weight excluding hydrogens is 378 g/mol. The predicted molar refractivity (Wildman–Crippen MR) is 118 cm³/mol. The number of nitrogens with zero attached hydrogens (tertiary/aromatic N) is 1. The maximum absolute atomic E-state index is 12.2. The van der Waals surface area contributed by atoms with Gasteiger partial charge < -0.3 is 15.1 Å². The number of aliphatic hydroxyl groups excluding tert-OH is 1. The van der Waals surface area contributed by atoms with Gasteiger partial charge in [0.1, 0.15) is 0 Å². The van der Waals surface area contributed by atoms with Crippen LogP contribution in [0.25, 0.3) is 0 Å². The fourth-order valence-electron chi connectivity index (χ4n) is 3.55. The summed E-state index contributed by atoms with van der Waals surface area (Å²) in [6.45, 7) is 2.67. The van der Waals surface area contributed by atoms with E-state index in [1.54, 1.807) is 6.08 Å². The van der Waals surface area contributed by atoms with Gasteiger partial charge in [0.05, 0.1) is 12.1 Å². The molecule has 0 bridgehead atoms. The minimum absolute atomic E-state index is 0.0113. The molecule has 0 spiro atoms. The van der Waals surface area contributed by atoms with Crippen LogP contribution in [-0.4, -0.2) is 45.7 Å². The van der Waals surface area contributed by atoms with Crippen LogP contribution in [0.4, 0.5) is 0 Å². The number of benzene rings is 1. The van der Waals surface area contributed by atoms with Crippen LogP contribution in [-0.2, 0) is 9.59 Å². The summed E-state index contributed by atoms with van der Waals surface area (Å²) < 4.78 is 0. The molecule has 5 heteroatoms. The summed E-state index contributed by atoms with van der Waals surface area (Å²) in [7, 11) is 0. The van der Waals surface area contributed by atoms with Crippen LogP contribution in [0, 0.1) is 17.8 Å². The fourth-order valence-corrected chi connectivity index (χ4v) is 3.55. The minimum atomic E-state index is -0.756. The molecule has 0 saturated carbocycles. The highest BCUT2D eigenvalue weighted by atomic mass is 16.4. The number of unbranched alkanes of at least 4 members (excludes halogenated alkanes) is 3.